The molecule has 2 N–H and O–H groups in total. The fraction of sp³-hybridized carbons (Fsp3) is 0.364. The number of nitrogens with one attached hydrogen (secondary N) is 1. The summed E-state index contributed by atoms with van der Waals surface area (Å²) in [7, 11) is 0. The summed E-state index contributed by atoms with van der Waals surface area (Å²) in [4.78, 5) is 10.5. The van der Waals surface area contributed by atoms with Crippen LogP contribution >= 0.6 is 0 Å². The molecule has 1 unspecified atom stereocenters. The molecule has 0 heterocycles. The molecule has 0 bridgehead atoms. The highest BCUT2D eigenvalue weighted by Gasteiger charge is 2.38. The second-order valence-electron chi connectivity index (χ2n) is 3.77. The summed E-state index contributed by atoms with van der Waals surface area (Å²) in [5.41, 5.74) is -1.67. The van der Waals surface area contributed by atoms with E-state index < -0.39 is 41.1 Å². The topological polar surface area (TPSA) is 49.3 Å². The Morgan fingerprint density at radius 2 is 1.79 bits per heavy atom. The summed E-state index contributed by atoms with van der Waals surface area (Å²) in [6.07, 6.45) is -4.92. The van der Waals surface area contributed by atoms with Crippen LogP contribution in [0.5, 0.6) is 0 Å². The molecule has 0 saturated carbocycles. The number of carboxylic acid groups (broad SMARTS) is 1. The average Bonchev–Trinajstić information content (AvgIpc) is 2.22. The Hall–Kier alpha value is -1.86. The first kappa shape index (κ1) is 15.2. The molecule has 8 heteroatoms. The SMILES string of the molecule is CCC(Nc1cc(F)c(C(=O)O)c(F)c1)C(F)(F)F. The smallest absolute Gasteiger partial charge is 0.408 e. The van der Waals surface area contributed by atoms with E-state index in [1.54, 1.807) is 0 Å². The molecule has 19 heavy (non-hydrogen) atoms. The fourth-order valence-corrected chi connectivity index (χ4v) is 1.48. The molecule has 3 nitrogen and oxygen atoms in total. The van der Waals surface area contributed by atoms with Crippen LogP contribution in [0.25, 0.3) is 0 Å². The highest BCUT2D eigenvalue weighted by molar-refractivity contribution is 5.88. The molecule has 0 aromatic heterocycles. The van der Waals surface area contributed by atoms with Crippen LogP contribution in [0.1, 0.15) is 23.7 Å². The zero-order chi connectivity index (χ0) is 14.8. The maximum absolute atomic E-state index is 13.3. The number of hydrogen-bond acceptors (Lipinski definition) is 2. The van der Waals surface area contributed by atoms with Gasteiger partial charge in [0.2, 0.25) is 0 Å². The van der Waals surface area contributed by atoms with Crippen molar-refractivity contribution in [1.29, 1.82) is 0 Å². The molecule has 0 fully saturated rings. The van der Waals surface area contributed by atoms with Crippen molar-refractivity contribution in [2.75, 3.05) is 5.32 Å². The Bertz CT molecular complexity index is 463. The molecule has 1 aromatic rings. The number of halogens is 5. The molecule has 0 saturated heterocycles. The van der Waals surface area contributed by atoms with Crippen LogP contribution in [0.2, 0.25) is 0 Å². The molecule has 0 aliphatic heterocycles. The first-order chi connectivity index (χ1) is 8.66. The summed E-state index contributed by atoms with van der Waals surface area (Å²) in [5.74, 6) is -4.71. The predicted octanol–water partition coefficient (Wildman–Crippen LogP) is 3.42. The minimum Gasteiger partial charge on any atom is -0.477 e. The van der Waals surface area contributed by atoms with Crippen molar-refractivity contribution in [2.45, 2.75) is 25.6 Å². The minimum absolute atomic E-state index is 0.340. The Morgan fingerprint density at radius 1 is 1.32 bits per heavy atom. The third-order valence-electron chi connectivity index (χ3n) is 2.40. The van der Waals surface area contributed by atoms with Crippen LogP contribution in [-0.4, -0.2) is 23.3 Å². The third kappa shape index (κ3) is 3.55. The molecule has 0 amide bonds. The number of aromatic carboxylic acids is 1. The molecule has 0 radical (unpaired) electrons. The van der Waals surface area contributed by atoms with Crippen molar-refractivity contribution in [1.82, 2.24) is 0 Å². The normalized spacial score (nSPS) is 13.2. The minimum atomic E-state index is -4.58. The van der Waals surface area contributed by atoms with E-state index in [9.17, 15) is 26.7 Å². The van der Waals surface area contributed by atoms with Crippen molar-refractivity contribution < 1.29 is 31.9 Å². The first-order valence-electron chi connectivity index (χ1n) is 5.22. The number of alkyl halides is 3. The summed E-state index contributed by atoms with van der Waals surface area (Å²) in [6.45, 7) is 1.25. The number of benzene rings is 1. The molecule has 106 valence electrons. The first-order valence-corrected chi connectivity index (χ1v) is 5.22. The van der Waals surface area contributed by atoms with Crippen molar-refractivity contribution in [2.24, 2.45) is 0 Å². The molecule has 1 rings (SSSR count). The van der Waals surface area contributed by atoms with E-state index in [4.69, 9.17) is 5.11 Å². The van der Waals surface area contributed by atoms with E-state index in [2.05, 4.69) is 0 Å². The van der Waals surface area contributed by atoms with E-state index in [-0.39, 0.29) is 6.42 Å². The van der Waals surface area contributed by atoms with Gasteiger partial charge in [0, 0.05) is 5.69 Å². The summed E-state index contributed by atoms with van der Waals surface area (Å²) in [5, 5.41) is 10.4. The second kappa shape index (κ2) is 5.41. The molecule has 0 aliphatic carbocycles. The van der Waals surface area contributed by atoms with Gasteiger partial charge in [0.25, 0.3) is 0 Å². The molecular formula is C11H10F5NO2. The predicted molar refractivity (Wildman–Crippen MR) is 57.1 cm³/mol. The zero-order valence-electron chi connectivity index (χ0n) is 9.68. The lowest BCUT2D eigenvalue weighted by Crippen LogP contribution is -2.35. The van der Waals surface area contributed by atoms with Crippen LogP contribution in [0.4, 0.5) is 27.6 Å². The summed E-state index contributed by atoms with van der Waals surface area (Å²) >= 11 is 0. The van der Waals surface area contributed by atoms with Gasteiger partial charge in [-0.05, 0) is 18.6 Å². The van der Waals surface area contributed by atoms with Crippen LogP contribution in [0.15, 0.2) is 12.1 Å². The van der Waals surface area contributed by atoms with E-state index in [1.165, 1.54) is 6.92 Å². The molecular weight excluding hydrogens is 273 g/mol. The van der Waals surface area contributed by atoms with Gasteiger partial charge in [-0.3, -0.25) is 0 Å². The van der Waals surface area contributed by atoms with Crippen LogP contribution in [0, 0.1) is 11.6 Å². The number of carbonyl (C=O) groups is 1. The summed E-state index contributed by atoms with van der Waals surface area (Å²) in [6, 6.07) is -0.941. The van der Waals surface area contributed by atoms with Gasteiger partial charge in [-0.25, -0.2) is 13.6 Å². The van der Waals surface area contributed by atoms with Gasteiger partial charge >= 0.3 is 12.1 Å². The van der Waals surface area contributed by atoms with Crippen LogP contribution < -0.4 is 5.32 Å². The lowest BCUT2D eigenvalue weighted by molar-refractivity contribution is -0.142. The third-order valence-corrected chi connectivity index (χ3v) is 2.40. The highest BCUT2D eigenvalue weighted by Crippen LogP contribution is 2.27. The Morgan fingerprint density at radius 3 is 2.11 bits per heavy atom. The quantitative estimate of drug-likeness (QED) is 0.832. The monoisotopic (exact) mass is 283 g/mol. The number of anilines is 1. The Balaban J connectivity index is 3.08. The standard InChI is InChI=1S/C11H10F5NO2/c1-2-8(11(14,15)16)17-5-3-6(12)9(10(18)19)7(13)4-5/h3-4,8,17H,2H2,1H3,(H,18,19). The highest BCUT2D eigenvalue weighted by atomic mass is 19.4. The van der Waals surface area contributed by atoms with Gasteiger partial charge in [0.05, 0.1) is 0 Å². The van der Waals surface area contributed by atoms with E-state index in [1.807, 2.05) is 5.32 Å². The van der Waals surface area contributed by atoms with Crippen molar-refractivity contribution in [3.05, 3.63) is 29.3 Å². The molecule has 1 atom stereocenters. The molecule has 1 aromatic carbocycles. The van der Waals surface area contributed by atoms with Gasteiger partial charge < -0.3 is 10.4 Å². The van der Waals surface area contributed by atoms with Crippen LogP contribution in [0.3, 0.4) is 0 Å². The lowest BCUT2D eigenvalue weighted by Gasteiger charge is -2.21. The summed E-state index contributed by atoms with van der Waals surface area (Å²) < 4.78 is 64.0. The van der Waals surface area contributed by atoms with E-state index in [0.29, 0.717) is 12.1 Å². The van der Waals surface area contributed by atoms with Gasteiger partial charge in [-0.1, -0.05) is 6.92 Å². The van der Waals surface area contributed by atoms with Crippen LogP contribution in [-0.2, 0) is 0 Å². The maximum atomic E-state index is 13.3. The largest absolute Gasteiger partial charge is 0.477 e. The molecule has 0 spiro atoms. The van der Waals surface area contributed by atoms with Gasteiger partial charge in [0.1, 0.15) is 23.2 Å². The van der Waals surface area contributed by atoms with Crippen molar-refractivity contribution in [3.63, 3.8) is 0 Å². The second-order valence-corrected chi connectivity index (χ2v) is 3.77. The Kier molecular flexibility index (Phi) is 4.33. The lowest BCUT2D eigenvalue weighted by atomic mass is 10.1. The maximum Gasteiger partial charge on any atom is 0.408 e. The molecule has 0 aliphatic rings. The number of hydrogen-bond donors (Lipinski definition) is 2. The average molecular weight is 283 g/mol. The Labute approximate surface area is 105 Å². The number of carboxylic acids is 1. The van der Waals surface area contributed by atoms with E-state index >= 15 is 0 Å². The van der Waals surface area contributed by atoms with Crippen molar-refractivity contribution in [3.8, 4) is 0 Å². The van der Waals surface area contributed by atoms with Crippen molar-refractivity contribution >= 4 is 11.7 Å². The number of rotatable bonds is 4. The fourth-order valence-electron chi connectivity index (χ4n) is 1.48. The van der Waals surface area contributed by atoms with Gasteiger partial charge in [-0.15, -0.1) is 0 Å². The van der Waals surface area contributed by atoms with E-state index in [0.717, 1.165) is 0 Å². The van der Waals surface area contributed by atoms with Gasteiger partial charge in [-0.2, -0.15) is 13.2 Å². The zero-order valence-corrected chi connectivity index (χ0v) is 9.68. The van der Waals surface area contributed by atoms with Gasteiger partial charge in [0.15, 0.2) is 0 Å².